The molecule has 0 aliphatic carbocycles. The molecular formula is C16H26Cl2N6. The summed E-state index contributed by atoms with van der Waals surface area (Å²) in [5.74, 6) is 0. The van der Waals surface area contributed by atoms with Crippen LogP contribution in [0, 0.1) is 0 Å². The summed E-state index contributed by atoms with van der Waals surface area (Å²) in [6.07, 6.45) is 13.1. The second-order valence-corrected chi connectivity index (χ2v) is 6.01. The summed E-state index contributed by atoms with van der Waals surface area (Å²) < 4.78 is 1.87. The minimum absolute atomic E-state index is 0. The first kappa shape index (κ1) is 20.8. The lowest BCUT2D eigenvalue weighted by atomic mass is 10.1. The third kappa shape index (κ3) is 6.02. The van der Waals surface area contributed by atoms with Crippen LogP contribution in [0.25, 0.3) is 0 Å². The van der Waals surface area contributed by atoms with E-state index in [0.717, 1.165) is 26.2 Å². The lowest BCUT2D eigenvalue weighted by Crippen LogP contribution is -2.35. The van der Waals surface area contributed by atoms with E-state index >= 15 is 0 Å². The topological polar surface area (TPSA) is 58.9 Å². The van der Waals surface area contributed by atoms with E-state index < -0.39 is 0 Å². The lowest BCUT2D eigenvalue weighted by Gasteiger charge is -2.30. The zero-order chi connectivity index (χ0) is 15.2. The van der Waals surface area contributed by atoms with Gasteiger partial charge < -0.3 is 5.32 Å². The van der Waals surface area contributed by atoms with Crippen LogP contribution in [0.15, 0.2) is 31.1 Å². The number of hydrogen-bond acceptors (Lipinski definition) is 5. The molecule has 1 aliphatic heterocycles. The average molecular weight is 373 g/mol. The van der Waals surface area contributed by atoms with Gasteiger partial charge in [-0.25, -0.2) is 9.97 Å². The molecule has 3 heterocycles. The molecule has 1 aliphatic rings. The largest absolute Gasteiger partial charge is 0.317 e. The second-order valence-electron chi connectivity index (χ2n) is 6.01. The number of nitrogens with zero attached hydrogens (tertiary/aromatic N) is 5. The molecule has 1 unspecified atom stereocenters. The Hall–Kier alpha value is -1.21. The maximum Gasteiger partial charge on any atom is 0.115 e. The fraction of sp³-hybridized carbons (Fsp3) is 0.562. The molecule has 24 heavy (non-hydrogen) atoms. The van der Waals surface area contributed by atoms with Crippen molar-refractivity contribution in [3.63, 3.8) is 0 Å². The third-order valence-corrected chi connectivity index (χ3v) is 4.21. The van der Waals surface area contributed by atoms with Crippen molar-refractivity contribution in [2.45, 2.75) is 38.4 Å². The molecule has 134 valence electrons. The summed E-state index contributed by atoms with van der Waals surface area (Å²) in [5.41, 5.74) is 2.43. The van der Waals surface area contributed by atoms with Crippen molar-refractivity contribution in [1.82, 2.24) is 30.0 Å². The maximum absolute atomic E-state index is 4.29. The third-order valence-electron chi connectivity index (χ3n) is 4.21. The number of aromatic nitrogens is 4. The van der Waals surface area contributed by atoms with Crippen molar-refractivity contribution >= 4 is 24.8 Å². The van der Waals surface area contributed by atoms with E-state index in [1.54, 1.807) is 6.33 Å². The Balaban J connectivity index is 0.00000144. The van der Waals surface area contributed by atoms with Crippen LogP contribution < -0.4 is 5.32 Å². The van der Waals surface area contributed by atoms with Crippen LogP contribution in [0.2, 0.25) is 0 Å². The van der Waals surface area contributed by atoms with Gasteiger partial charge in [0.1, 0.15) is 6.33 Å². The minimum atomic E-state index is 0. The monoisotopic (exact) mass is 372 g/mol. The Morgan fingerprint density at radius 2 is 1.83 bits per heavy atom. The minimum Gasteiger partial charge on any atom is -0.317 e. The van der Waals surface area contributed by atoms with Gasteiger partial charge >= 0.3 is 0 Å². The van der Waals surface area contributed by atoms with Crippen molar-refractivity contribution < 1.29 is 0 Å². The van der Waals surface area contributed by atoms with Crippen LogP contribution in [-0.4, -0.2) is 43.8 Å². The normalized spacial score (nSPS) is 17.7. The van der Waals surface area contributed by atoms with Crippen molar-refractivity contribution in [3.8, 4) is 0 Å². The SMILES string of the molecule is Cl.Cl.Cn1cc(CN(Cc2cncnc2)C2CCCNCC2)cn1. The Morgan fingerprint density at radius 1 is 1.08 bits per heavy atom. The highest BCUT2D eigenvalue weighted by Crippen LogP contribution is 2.19. The smallest absolute Gasteiger partial charge is 0.115 e. The molecule has 0 bridgehead atoms. The quantitative estimate of drug-likeness (QED) is 0.871. The van der Waals surface area contributed by atoms with E-state index in [2.05, 4.69) is 31.5 Å². The predicted octanol–water partition coefficient (Wildman–Crippen LogP) is 2.20. The van der Waals surface area contributed by atoms with Crippen LogP contribution in [0.4, 0.5) is 0 Å². The van der Waals surface area contributed by atoms with Crippen LogP contribution >= 0.6 is 24.8 Å². The molecule has 2 aromatic rings. The summed E-state index contributed by atoms with van der Waals surface area (Å²) in [4.78, 5) is 10.8. The molecule has 8 heteroatoms. The van der Waals surface area contributed by atoms with Gasteiger partial charge in [0, 0.05) is 55.9 Å². The van der Waals surface area contributed by atoms with Gasteiger partial charge in [-0.3, -0.25) is 9.58 Å². The molecule has 0 saturated carbocycles. The summed E-state index contributed by atoms with van der Waals surface area (Å²) >= 11 is 0. The Morgan fingerprint density at radius 3 is 2.54 bits per heavy atom. The van der Waals surface area contributed by atoms with Crippen molar-refractivity contribution in [2.24, 2.45) is 7.05 Å². The van der Waals surface area contributed by atoms with Crippen molar-refractivity contribution in [3.05, 3.63) is 42.2 Å². The standard InChI is InChI=1S/C16H24N6.2ClH/c1-21-10-15(9-20-21)12-22(11-14-7-18-13-19-8-14)16-3-2-5-17-6-4-16;;/h7-10,13,16-17H,2-6,11-12H2,1H3;2*1H. The van der Waals surface area contributed by atoms with Gasteiger partial charge in [-0.2, -0.15) is 5.10 Å². The summed E-state index contributed by atoms with van der Waals surface area (Å²) in [6, 6.07) is 0.593. The highest BCUT2D eigenvalue weighted by molar-refractivity contribution is 5.85. The molecule has 1 fully saturated rings. The van der Waals surface area contributed by atoms with E-state index in [1.165, 1.54) is 30.4 Å². The molecule has 1 atom stereocenters. The highest BCUT2D eigenvalue weighted by atomic mass is 35.5. The van der Waals surface area contributed by atoms with E-state index in [9.17, 15) is 0 Å². The maximum atomic E-state index is 4.29. The number of rotatable bonds is 5. The zero-order valence-electron chi connectivity index (χ0n) is 14.0. The van der Waals surface area contributed by atoms with Crippen molar-refractivity contribution in [1.29, 1.82) is 0 Å². The van der Waals surface area contributed by atoms with Gasteiger partial charge in [0.15, 0.2) is 0 Å². The molecule has 0 spiro atoms. The molecule has 1 N–H and O–H groups in total. The van der Waals surface area contributed by atoms with Gasteiger partial charge in [-0.1, -0.05) is 0 Å². The van der Waals surface area contributed by atoms with Gasteiger partial charge in [0.25, 0.3) is 0 Å². The van der Waals surface area contributed by atoms with Crippen molar-refractivity contribution in [2.75, 3.05) is 13.1 Å². The first-order valence-corrected chi connectivity index (χ1v) is 7.97. The molecule has 3 rings (SSSR count). The fourth-order valence-corrected chi connectivity index (χ4v) is 3.11. The summed E-state index contributed by atoms with van der Waals surface area (Å²) in [7, 11) is 1.97. The lowest BCUT2D eigenvalue weighted by molar-refractivity contribution is 0.164. The number of halogens is 2. The van der Waals surface area contributed by atoms with Crippen LogP contribution in [0.5, 0.6) is 0 Å². The first-order chi connectivity index (χ1) is 10.8. The average Bonchev–Trinajstić information content (AvgIpc) is 2.78. The van der Waals surface area contributed by atoms with E-state index in [-0.39, 0.29) is 24.8 Å². The molecule has 0 aromatic carbocycles. The van der Waals surface area contributed by atoms with E-state index in [0.29, 0.717) is 6.04 Å². The molecular weight excluding hydrogens is 347 g/mol. The Labute approximate surface area is 155 Å². The predicted molar refractivity (Wildman–Crippen MR) is 99.5 cm³/mol. The fourth-order valence-electron chi connectivity index (χ4n) is 3.11. The zero-order valence-corrected chi connectivity index (χ0v) is 15.6. The summed E-state index contributed by atoms with van der Waals surface area (Å²) in [5, 5.41) is 7.79. The summed E-state index contributed by atoms with van der Waals surface area (Å²) in [6.45, 7) is 4.04. The van der Waals surface area contributed by atoms with Gasteiger partial charge in [-0.15, -0.1) is 24.8 Å². The Bertz CT molecular complexity index is 569. The van der Waals surface area contributed by atoms with Gasteiger partial charge in [0.05, 0.1) is 6.20 Å². The Kier molecular flexibility index (Phi) is 9.21. The second kappa shape index (κ2) is 10.6. The van der Waals surface area contributed by atoms with E-state index in [1.807, 2.05) is 30.3 Å². The van der Waals surface area contributed by atoms with Crippen LogP contribution in [0.3, 0.4) is 0 Å². The first-order valence-electron chi connectivity index (χ1n) is 7.97. The van der Waals surface area contributed by atoms with Crippen LogP contribution in [-0.2, 0) is 20.1 Å². The molecule has 1 saturated heterocycles. The molecule has 2 aromatic heterocycles. The van der Waals surface area contributed by atoms with E-state index in [4.69, 9.17) is 0 Å². The number of nitrogens with one attached hydrogen (secondary N) is 1. The highest BCUT2D eigenvalue weighted by Gasteiger charge is 2.21. The number of hydrogen-bond donors (Lipinski definition) is 1. The molecule has 6 nitrogen and oxygen atoms in total. The molecule has 0 amide bonds. The van der Waals surface area contributed by atoms with Crippen LogP contribution in [0.1, 0.15) is 30.4 Å². The van der Waals surface area contributed by atoms with Gasteiger partial charge in [-0.05, 0) is 32.4 Å². The number of aryl methyl sites for hydroxylation is 1. The van der Waals surface area contributed by atoms with Gasteiger partial charge in [0.2, 0.25) is 0 Å². The molecule has 0 radical (unpaired) electrons.